The maximum absolute atomic E-state index is 13.6. The van der Waals surface area contributed by atoms with Gasteiger partial charge in [0.1, 0.15) is 5.82 Å². The maximum atomic E-state index is 13.6. The predicted octanol–water partition coefficient (Wildman–Crippen LogP) is 5.37. The molecule has 1 unspecified atom stereocenters. The van der Waals surface area contributed by atoms with Crippen LogP contribution in [0.15, 0.2) is 54.6 Å². The number of aromatic nitrogens is 2. The summed E-state index contributed by atoms with van der Waals surface area (Å²) in [4.78, 5) is 18.3. The van der Waals surface area contributed by atoms with Gasteiger partial charge in [-0.25, -0.2) is 9.07 Å². The van der Waals surface area contributed by atoms with E-state index in [0.29, 0.717) is 17.7 Å². The van der Waals surface area contributed by atoms with Gasteiger partial charge in [0.15, 0.2) is 5.69 Å². The van der Waals surface area contributed by atoms with Crippen molar-refractivity contribution in [1.29, 1.82) is 0 Å². The molecule has 3 aliphatic rings. The Morgan fingerprint density at radius 1 is 0.861 bits per heavy atom. The molecule has 6 heteroatoms. The van der Waals surface area contributed by atoms with E-state index in [1.807, 2.05) is 39.9 Å². The molecule has 2 aliphatic heterocycles. The van der Waals surface area contributed by atoms with Gasteiger partial charge < -0.3 is 4.90 Å². The lowest BCUT2D eigenvalue weighted by Crippen LogP contribution is -2.44. The van der Waals surface area contributed by atoms with Crippen LogP contribution in [0.3, 0.4) is 0 Å². The number of hydrogen-bond donors (Lipinski definition) is 0. The summed E-state index contributed by atoms with van der Waals surface area (Å²) in [5, 5.41) is 4.95. The molecule has 1 amide bonds. The fourth-order valence-electron chi connectivity index (χ4n) is 6.44. The lowest BCUT2D eigenvalue weighted by atomic mass is 9.85. The van der Waals surface area contributed by atoms with Crippen LogP contribution in [0.5, 0.6) is 0 Å². The lowest BCUT2D eigenvalue weighted by Gasteiger charge is -2.39. The quantitative estimate of drug-likeness (QED) is 0.498. The zero-order chi connectivity index (χ0) is 24.5. The Bertz CT molecular complexity index is 1190. The van der Waals surface area contributed by atoms with Crippen molar-refractivity contribution in [1.82, 2.24) is 19.6 Å². The number of halogens is 1. The summed E-state index contributed by atoms with van der Waals surface area (Å²) in [6.07, 6.45) is 8.47. The summed E-state index contributed by atoms with van der Waals surface area (Å²) in [7, 11) is 0. The number of hydrogen-bond acceptors (Lipinski definition) is 3. The number of amides is 1. The van der Waals surface area contributed by atoms with E-state index in [0.717, 1.165) is 82.4 Å². The molecule has 0 N–H and O–H groups in total. The molecule has 0 bridgehead atoms. The van der Waals surface area contributed by atoms with Crippen LogP contribution in [-0.4, -0.2) is 57.7 Å². The van der Waals surface area contributed by atoms with Gasteiger partial charge in [-0.1, -0.05) is 30.3 Å². The highest BCUT2D eigenvalue weighted by Gasteiger charge is 2.35. The third-order valence-electron chi connectivity index (χ3n) is 8.48. The van der Waals surface area contributed by atoms with Crippen molar-refractivity contribution in [3.8, 4) is 5.69 Å². The number of rotatable bonds is 4. The van der Waals surface area contributed by atoms with Crippen LogP contribution in [0.4, 0.5) is 4.39 Å². The first kappa shape index (κ1) is 23.4. The molecule has 3 heterocycles. The number of carbonyl (C=O) groups is 1. The summed E-state index contributed by atoms with van der Waals surface area (Å²) in [5.41, 5.74) is 5.32. The van der Waals surface area contributed by atoms with Crippen molar-refractivity contribution >= 4 is 5.91 Å². The van der Waals surface area contributed by atoms with Gasteiger partial charge in [0, 0.05) is 30.4 Å². The van der Waals surface area contributed by atoms with Gasteiger partial charge in [0.25, 0.3) is 5.91 Å². The standard InChI is InChI=1S/C30H35FN4O/c31-24-11-9-22(10-12-24)23-15-19-33(20-16-23)26-13-14-28-27(21-26)29(30(36)34-17-5-2-6-18-34)32-35(28)25-7-3-1-4-8-25/h1,3-4,7-12,23,26H,2,5-6,13-21H2. The first-order chi connectivity index (χ1) is 17.7. The normalized spacial score (nSPS) is 21.4. The third kappa shape index (κ3) is 4.59. The van der Waals surface area contributed by atoms with E-state index in [1.165, 1.54) is 17.7 Å². The lowest BCUT2D eigenvalue weighted by molar-refractivity contribution is 0.0715. The van der Waals surface area contributed by atoms with Crippen molar-refractivity contribution in [3.63, 3.8) is 0 Å². The minimum Gasteiger partial charge on any atom is -0.337 e. The minimum atomic E-state index is -0.167. The molecule has 0 radical (unpaired) electrons. The molecule has 5 nitrogen and oxygen atoms in total. The number of para-hydroxylation sites is 1. The molecule has 188 valence electrons. The smallest absolute Gasteiger partial charge is 0.274 e. The molecule has 1 aromatic heterocycles. The zero-order valence-corrected chi connectivity index (χ0v) is 20.9. The van der Waals surface area contributed by atoms with E-state index in [-0.39, 0.29) is 11.7 Å². The van der Waals surface area contributed by atoms with Crippen molar-refractivity contribution < 1.29 is 9.18 Å². The van der Waals surface area contributed by atoms with Crippen LogP contribution in [0.1, 0.15) is 71.8 Å². The number of piperidine rings is 2. The van der Waals surface area contributed by atoms with E-state index in [9.17, 15) is 9.18 Å². The molecular weight excluding hydrogens is 451 g/mol. The van der Waals surface area contributed by atoms with Gasteiger partial charge in [-0.2, -0.15) is 5.10 Å². The highest BCUT2D eigenvalue weighted by molar-refractivity contribution is 5.94. The van der Waals surface area contributed by atoms with Crippen LogP contribution in [0.2, 0.25) is 0 Å². The summed E-state index contributed by atoms with van der Waals surface area (Å²) in [5.74, 6) is 0.439. The highest BCUT2D eigenvalue weighted by atomic mass is 19.1. The Balaban J connectivity index is 1.23. The molecule has 36 heavy (non-hydrogen) atoms. The average Bonchev–Trinajstić information content (AvgIpc) is 3.33. The molecule has 1 aliphatic carbocycles. The minimum absolute atomic E-state index is 0.108. The number of fused-ring (bicyclic) bond motifs is 1. The van der Waals surface area contributed by atoms with E-state index >= 15 is 0 Å². The van der Waals surface area contributed by atoms with Crippen LogP contribution >= 0.6 is 0 Å². The molecule has 0 spiro atoms. The molecule has 2 saturated heterocycles. The average molecular weight is 487 g/mol. The predicted molar refractivity (Wildman–Crippen MR) is 139 cm³/mol. The third-order valence-corrected chi connectivity index (χ3v) is 8.48. The van der Waals surface area contributed by atoms with Crippen molar-refractivity contribution in [3.05, 3.63) is 82.9 Å². The Hall–Kier alpha value is -2.99. The van der Waals surface area contributed by atoms with Gasteiger partial charge in [-0.15, -0.1) is 0 Å². The SMILES string of the molecule is O=C(c1nn(-c2ccccc2)c2c1CC(N1CCC(c3ccc(F)cc3)CC1)CC2)N1CCCCC1. The Morgan fingerprint density at radius 3 is 2.31 bits per heavy atom. The topological polar surface area (TPSA) is 41.4 Å². The Morgan fingerprint density at radius 2 is 1.58 bits per heavy atom. The number of nitrogens with zero attached hydrogens (tertiary/aromatic N) is 4. The molecular formula is C30H35FN4O. The van der Waals surface area contributed by atoms with Crippen LogP contribution < -0.4 is 0 Å². The molecule has 1 atom stereocenters. The number of likely N-dealkylation sites (tertiary alicyclic amines) is 2. The zero-order valence-electron chi connectivity index (χ0n) is 20.9. The number of carbonyl (C=O) groups excluding carboxylic acids is 1. The molecule has 0 saturated carbocycles. The fourth-order valence-corrected chi connectivity index (χ4v) is 6.44. The highest BCUT2D eigenvalue weighted by Crippen LogP contribution is 2.34. The second-order valence-corrected chi connectivity index (χ2v) is 10.6. The van der Waals surface area contributed by atoms with Gasteiger partial charge in [0.2, 0.25) is 0 Å². The molecule has 6 rings (SSSR count). The van der Waals surface area contributed by atoms with Crippen molar-refractivity contribution in [2.45, 2.75) is 63.3 Å². The van der Waals surface area contributed by atoms with Crippen molar-refractivity contribution in [2.75, 3.05) is 26.2 Å². The van der Waals surface area contributed by atoms with Gasteiger partial charge in [-0.05, 0) is 100 Å². The monoisotopic (exact) mass is 486 g/mol. The molecule has 3 aromatic rings. The Kier molecular flexibility index (Phi) is 6.61. The second kappa shape index (κ2) is 10.2. The number of benzene rings is 2. The summed E-state index contributed by atoms with van der Waals surface area (Å²) in [6, 6.07) is 17.7. The van der Waals surface area contributed by atoms with E-state index in [2.05, 4.69) is 17.0 Å². The Labute approximate surface area is 212 Å². The van der Waals surface area contributed by atoms with E-state index in [1.54, 1.807) is 12.1 Å². The summed E-state index contributed by atoms with van der Waals surface area (Å²) in [6.45, 7) is 3.77. The second-order valence-electron chi connectivity index (χ2n) is 10.6. The van der Waals surface area contributed by atoms with E-state index in [4.69, 9.17) is 5.10 Å². The van der Waals surface area contributed by atoms with Gasteiger partial charge in [-0.3, -0.25) is 9.69 Å². The van der Waals surface area contributed by atoms with Crippen molar-refractivity contribution in [2.24, 2.45) is 0 Å². The van der Waals surface area contributed by atoms with Gasteiger partial charge >= 0.3 is 0 Å². The maximum Gasteiger partial charge on any atom is 0.274 e. The van der Waals surface area contributed by atoms with Gasteiger partial charge in [0.05, 0.1) is 5.69 Å². The first-order valence-corrected chi connectivity index (χ1v) is 13.6. The summed E-state index contributed by atoms with van der Waals surface area (Å²) < 4.78 is 15.4. The summed E-state index contributed by atoms with van der Waals surface area (Å²) >= 11 is 0. The van der Waals surface area contributed by atoms with Crippen LogP contribution in [0.25, 0.3) is 5.69 Å². The van der Waals surface area contributed by atoms with E-state index < -0.39 is 0 Å². The largest absolute Gasteiger partial charge is 0.337 e. The molecule has 2 aromatic carbocycles. The fraction of sp³-hybridized carbons (Fsp3) is 0.467. The molecule has 2 fully saturated rings. The first-order valence-electron chi connectivity index (χ1n) is 13.6. The van der Waals surface area contributed by atoms with Crippen LogP contribution in [-0.2, 0) is 12.8 Å². The van der Waals surface area contributed by atoms with Crippen LogP contribution in [0, 0.1) is 5.82 Å².